The number of nitrogens with two attached hydrogens (primary N) is 1. The zero-order valence-corrected chi connectivity index (χ0v) is 10.1. The minimum atomic E-state index is -0.386. The van der Waals surface area contributed by atoms with Crippen LogP contribution in [0.3, 0.4) is 0 Å². The van der Waals surface area contributed by atoms with Crippen molar-refractivity contribution in [2.45, 2.75) is 33.7 Å². The third kappa shape index (κ3) is 2.79. The van der Waals surface area contributed by atoms with Crippen LogP contribution < -0.4 is 11.1 Å². The van der Waals surface area contributed by atoms with Gasteiger partial charge in [-0.15, -0.1) is 0 Å². The van der Waals surface area contributed by atoms with E-state index in [0.29, 0.717) is 6.54 Å². The molecular weight excluding hydrogens is 208 g/mol. The van der Waals surface area contributed by atoms with Crippen molar-refractivity contribution in [1.82, 2.24) is 15.5 Å². The summed E-state index contributed by atoms with van der Waals surface area (Å²) in [7, 11) is 0. The van der Waals surface area contributed by atoms with E-state index in [9.17, 15) is 4.79 Å². The summed E-state index contributed by atoms with van der Waals surface area (Å²) in [4.78, 5) is 15.4. The van der Waals surface area contributed by atoms with Crippen LogP contribution in [0.15, 0.2) is 4.52 Å². The molecule has 0 aliphatic carbocycles. The Kier molecular flexibility index (Phi) is 3.64. The smallest absolute Gasteiger partial charge is 0.292 e. The number of nitrogens with one attached hydrogen (secondary N) is 1. The van der Waals surface area contributed by atoms with Gasteiger partial charge in [-0.2, -0.15) is 4.98 Å². The van der Waals surface area contributed by atoms with E-state index in [1.165, 1.54) is 0 Å². The molecule has 1 aromatic rings. The maximum Gasteiger partial charge on any atom is 0.292 e. The molecular formula is C10H18N4O2. The van der Waals surface area contributed by atoms with E-state index in [1.54, 1.807) is 0 Å². The van der Waals surface area contributed by atoms with Gasteiger partial charge in [0.2, 0.25) is 5.89 Å². The molecule has 0 fully saturated rings. The van der Waals surface area contributed by atoms with Gasteiger partial charge in [0.05, 0.1) is 6.04 Å². The summed E-state index contributed by atoms with van der Waals surface area (Å²) in [5.74, 6) is -0.0380. The highest BCUT2D eigenvalue weighted by Gasteiger charge is 2.28. The number of rotatable bonds is 3. The number of hydrogen-bond acceptors (Lipinski definition) is 5. The van der Waals surface area contributed by atoms with Crippen molar-refractivity contribution in [3.8, 4) is 0 Å². The Morgan fingerprint density at radius 1 is 1.56 bits per heavy atom. The molecule has 1 amide bonds. The molecule has 0 bridgehead atoms. The van der Waals surface area contributed by atoms with Crippen LogP contribution in [0.2, 0.25) is 0 Å². The molecule has 0 aromatic carbocycles. The normalized spacial score (nSPS) is 13.6. The Morgan fingerprint density at radius 2 is 2.19 bits per heavy atom. The Hall–Kier alpha value is -1.43. The van der Waals surface area contributed by atoms with Gasteiger partial charge >= 0.3 is 0 Å². The van der Waals surface area contributed by atoms with Crippen molar-refractivity contribution in [3.63, 3.8) is 0 Å². The van der Waals surface area contributed by atoms with Crippen LogP contribution in [0, 0.1) is 5.41 Å². The molecule has 1 atom stereocenters. The second-order valence-electron chi connectivity index (χ2n) is 4.66. The summed E-state index contributed by atoms with van der Waals surface area (Å²) in [5, 5.41) is 6.18. The summed E-state index contributed by atoms with van der Waals surface area (Å²) in [6, 6.07) is -0.386. The van der Waals surface area contributed by atoms with Crippen molar-refractivity contribution in [3.05, 3.63) is 11.7 Å². The molecule has 0 aliphatic heterocycles. The fraction of sp³-hybridized carbons (Fsp3) is 0.700. The first kappa shape index (κ1) is 12.6. The molecule has 0 saturated carbocycles. The first-order valence-electron chi connectivity index (χ1n) is 5.23. The van der Waals surface area contributed by atoms with Crippen molar-refractivity contribution in [2.75, 3.05) is 6.54 Å². The van der Waals surface area contributed by atoms with Gasteiger partial charge in [0, 0.05) is 6.54 Å². The third-order valence-corrected chi connectivity index (χ3v) is 2.18. The fourth-order valence-corrected chi connectivity index (χ4v) is 1.06. The van der Waals surface area contributed by atoms with Gasteiger partial charge in [0.1, 0.15) is 0 Å². The minimum absolute atomic E-state index is 0.0246. The number of hydrogen-bond donors (Lipinski definition) is 2. The standard InChI is InChI=1S/C10H18N4O2/c1-5-12-8(15)7-13-9(16-14-7)6(11)10(2,3)4/h6H,5,11H2,1-4H3,(H,12,15)/t6-/m0/s1. The second-order valence-corrected chi connectivity index (χ2v) is 4.66. The Labute approximate surface area is 94.6 Å². The number of carbonyl (C=O) groups is 1. The average molecular weight is 226 g/mol. The number of amides is 1. The summed E-state index contributed by atoms with van der Waals surface area (Å²) in [5.41, 5.74) is 5.74. The van der Waals surface area contributed by atoms with Gasteiger partial charge in [-0.3, -0.25) is 4.79 Å². The molecule has 0 radical (unpaired) electrons. The van der Waals surface area contributed by atoms with Gasteiger partial charge in [-0.25, -0.2) is 0 Å². The van der Waals surface area contributed by atoms with Gasteiger partial charge in [-0.1, -0.05) is 25.9 Å². The lowest BCUT2D eigenvalue weighted by Crippen LogP contribution is -2.27. The van der Waals surface area contributed by atoms with Crippen molar-refractivity contribution >= 4 is 5.91 Å². The Morgan fingerprint density at radius 3 is 2.69 bits per heavy atom. The zero-order valence-electron chi connectivity index (χ0n) is 10.1. The number of aromatic nitrogens is 2. The van der Waals surface area contributed by atoms with Gasteiger partial charge in [-0.05, 0) is 12.3 Å². The van der Waals surface area contributed by atoms with E-state index in [-0.39, 0.29) is 29.1 Å². The summed E-state index contributed by atoms with van der Waals surface area (Å²) in [6.45, 7) is 8.24. The van der Waals surface area contributed by atoms with Crippen molar-refractivity contribution in [1.29, 1.82) is 0 Å². The van der Waals surface area contributed by atoms with Crippen molar-refractivity contribution < 1.29 is 9.32 Å². The van der Waals surface area contributed by atoms with E-state index >= 15 is 0 Å². The van der Waals surface area contributed by atoms with Crippen LogP contribution in [0.5, 0.6) is 0 Å². The molecule has 6 heteroatoms. The lowest BCUT2D eigenvalue weighted by molar-refractivity contribution is 0.0942. The van der Waals surface area contributed by atoms with Crippen LogP contribution in [-0.2, 0) is 0 Å². The maximum absolute atomic E-state index is 11.4. The Balaban J connectivity index is 2.83. The second kappa shape index (κ2) is 4.61. The summed E-state index contributed by atoms with van der Waals surface area (Å²) in [6.07, 6.45) is 0. The predicted octanol–water partition coefficient (Wildman–Crippen LogP) is 0.865. The lowest BCUT2D eigenvalue weighted by atomic mass is 9.87. The topological polar surface area (TPSA) is 94.0 Å². The van der Waals surface area contributed by atoms with E-state index in [1.807, 2.05) is 27.7 Å². The number of nitrogens with zero attached hydrogens (tertiary/aromatic N) is 2. The monoisotopic (exact) mass is 226 g/mol. The van der Waals surface area contributed by atoms with Crippen LogP contribution in [-0.4, -0.2) is 22.6 Å². The molecule has 1 aromatic heterocycles. The fourth-order valence-electron chi connectivity index (χ4n) is 1.06. The molecule has 0 unspecified atom stereocenters. The van der Waals surface area contributed by atoms with Gasteiger partial charge in [0.25, 0.3) is 11.7 Å². The van der Waals surface area contributed by atoms with Gasteiger partial charge < -0.3 is 15.6 Å². The molecule has 0 saturated heterocycles. The van der Waals surface area contributed by atoms with Crippen LogP contribution in [0.1, 0.15) is 50.2 Å². The third-order valence-electron chi connectivity index (χ3n) is 2.18. The molecule has 1 heterocycles. The minimum Gasteiger partial charge on any atom is -0.349 e. The molecule has 3 N–H and O–H groups in total. The van der Waals surface area contributed by atoms with Gasteiger partial charge in [0.15, 0.2) is 0 Å². The number of carbonyl (C=O) groups excluding carboxylic acids is 1. The highest BCUT2D eigenvalue weighted by atomic mass is 16.5. The molecule has 6 nitrogen and oxygen atoms in total. The average Bonchev–Trinajstić information content (AvgIpc) is 2.64. The highest BCUT2D eigenvalue weighted by Crippen LogP contribution is 2.28. The highest BCUT2D eigenvalue weighted by molar-refractivity contribution is 5.90. The van der Waals surface area contributed by atoms with Crippen LogP contribution >= 0.6 is 0 Å². The first-order chi connectivity index (χ1) is 7.36. The first-order valence-corrected chi connectivity index (χ1v) is 5.23. The van der Waals surface area contributed by atoms with E-state index in [2.05, 4.69) is 15.5 Å². The summed E-state index contributed by atoms with van der Waals surface area (Å²) < 4.78 is 4.97. The van der Waals surface area contributed by atoms with Crippen molar-refractivity contribution in [2.24, 2.45) is 11.1 Å². The molecule has 90 valence electrons. The van der Waals surface area contributed by atoms with E-state index in [4.69, 9.17) is 10.3 Å². The van der Waals surface area contributed by atoms with Crippen LogP contribution in [0.25, 0.3) is 0 Å². The zero-order chi connectivity index (χ0) is 12.3. The van der Waals surface area contributed by atoms with E-state index in [0.717, 1.165) is 0 Å². The molecule has 0 spiro atoms. The molecule has 0 aliphatic rings. The largest absolute Gasteiger partial charge is 0.349 e. The maximum atomic E-state index is 11.4. The molecule has 1 rings (SSSR count). The van der Waals surface area contributed by atoms with E-state index < -0.39 is 0 Å². The quantitative estimate of drug-likeness (QED) is 0.797. The summed E-state index contributed by atoms with van der Waals surface area (Å²) >= 11 is 0. The Bertz CT molecular complexity index is 367. The lowest BCUT2D eigenvalue weighted by Gasteiger charge is -2.23. The van der Waals surface area contributed by atoms with Crippen LogP contribution in [0.4, 0.5) is 0 Å². The predicted molar refractivity (Wildman–Crippen MR) is 58.7 cm³/mol. The SMILES string of the molecule is CCNC(=O)c1noc([C@H](N)C(C)(C)C)n1. The molecule has 16 heavy (non-hydrogen) atoms.